The Morgan fingerprint density at radius 1 is 1.60 bits per heavy atom. The maximum absolute atomic E-state index is 11.7. The SMILES string of the molecule is CCC(C)NC(=O)c1c(C)n(C)oc1=O. The van der Waals surface area contributed by atoms with Crippen LogP contribution in [-0.2, 0) is 7.05 Å². The van der Waals surface area contributed by atoms with E-state index in [2.05, 4.69) is 5.32 Å². The van der Waals surface area contributed by atoms with Gasteiger partial charge in [0, 0.05) is 13.1 Å². The molecule has 1 heterocycles. The smallest absolute Gasteiger partial charge is 0.349 e. The number of aromatic nitrogens is 1. The molecule has 0 spiro atoms. The number of carbonyl (C=O) groups excluding carboxylic acids is 1. The molecule has 1 aromatic heterocycles. The van der Waals surface area contributed by atoms with Gasteiger partial charge in [0.1, 0.15) is 5.56 Å². The third-order valence-corrected chi connectivity index (χ3v) is 2.48. The molecule has 0 aliphatic rings. The van der Waals surface area contributed by atoms with Gasteiger partial charge >= 0.3 is 5.63 Å². The van der Waals surface area contributed by atoms with Crippen molar-refractivity contribution in [3.63, 3.8) is 0 Å². The van der Waals surface area contributed by atoms with Crippen LogP contribution in [0.3, 0.4) is 0 Å². The topological polar surface area (TPSA) is 64.2 Å². The maximum atomic E-state index is 11.7. The second-order valence-electron chi connectivity index (χ2n) is 3.62. The van der Waals surface area contributed by atoms with Crippen LogP contribution in [0.4, 0.5) is 0 Å². The number of aryl methyl sites for hydroxylation is 1. The van der Waals surface area contributed by atoms with Crippen LogP contribution in [0.15, 0.2) is 9.32 Å². The minimum absolute atomic E-state index is 0.0523. The van der Waals surface area contributed by atoms with E-state index < -0.39 is 5.63 Å². The van der Waals surface area contributed by atoms with Crippen molar-refractivity contribution in [3.8, 4) is 0 Å². The van der Waals surface area contributed by atoms with Crippen LogP contribution in [0.1, 0.15) is 36.3 Å². The first-order valence-electron chi connectivity index (χ1n) is 4.95. The molecule has 0 saturated carbocycles. The Hall–Kier alpha value is -1.52. The van der Waals surface area contributed by atoms with Gasteiger partial charge in [0.25, 0.3) is 5.91 Å². The van der Waals surface area contributed by atoms with Crippen molar-refractivity contribution in [1.82, 2.24) is 10.1 Å². The number of amides is 1. The molecule has 5 heteroatoms. The van der Waals surface area contributed by atoms with Crippen LogP contribution in [0.25, 0.3) is 0 Å². The summed E-state index contributed by atoms with van der Waals surface area (Å²) in [4.78, 5) is 23.0. The van der Waals surface area contributed by atoms with Crippen LogP contribution in [0.5, 0.6) is 0 Å². The molecule has 1 amide bonds. The first-order chi connectivity index (χ1) is 6.97. The lowest BCUT2D eigenvalue weighted by Crippen LogP contribution is -2.34. The highest BCUT2D eigenvalue weighted by Gasteiger charge is 2.20. The number of hydrogen-bond acceptors (Lipinski definition) is 3. The lowest BCUT2D eigenvalue weighted by Gasteiger charge is -2.09. The number of carbonyl (C=O) groups is 1. The van der Waals surface area contributed by atoms with E-state index in [9.17, 15) is 9.59 Å². The van der Waals surface area contributed by atoms with Gasteiger partial charge in [-0.2, -0.15) is 0 Å². The largest absolute Gasteiger partial charge is 0.370 e. The third-order valence-electron chi connectivity index (χ3n) is 2.48. The average Bonchev–Trinajstić information content (AvgIpc) is 2.41. The van der Waals surface area contributed by atoms with Gasteiger partial charge in [-0.15, -0.1) is 0 Å². The lowest BCUT2D eigenvalue weighted by molar-refractivity contribution is 0.0936. The van der Waals surface area contributed by atoms with Crippen molar-refractivity contribution in [2.24, 2.45) is 7.05 Å². The van der Waals surface area contributed by atoms with Crippen LogP contribution < -0.4 is 10.9 Å². The first-order valence-corrected chi connectivity index (χ1v) is 4.95. The Balaban J connectivity index is 2.96. The molecule has 1 atom stereocenters. The van der Waals surface area contributed by atoms with E-state index in [4.69, 9.17) is 4.52 Å². The van der Waals surface area contributed by atoms with Crippen molar-refractivity contribution in [1.29, 1.82) is 0 Å². The standard InChI is InChI=1S/C10H16N2O3/c1-5-6(2)11-9(13)8-7(3)12(4)15-10(8)14/h6H,5H2,1-4H3,(H,11,13). The molecule has 1 aromatic rings. The predicted molar refractivity (Wildman–Crippen MR) is 55.9 cm³/mol. The Kier molecular flexibility index (Phi) is 3.34. The monoisotopic (exact) mass is 212 g/mol. The van der Waals surface area contributed by atoms with Crippen molar-refractivity contribution in [2.45, 2.75) is 33.2 Å². The molecule has 5 nitrogen and oxygen atoms in total. The Morgan fingerprint density at radius 2 is 2.20 bits per heavy atom. The van der Waals surface area contributed by atoms with E-state index in [-0.39, 0.29) is 17.5 Å². The van der Waals surface area contributed by atoms with Gasteiger partial charge in [0.05, 0.1) is 5.69 Å². The first kappa shape index (κ1) is 11.6. The number of hydrogen-bond donors (Lipinski definition) is 1. The fourth-order valence-corrected chi connectivity index (χ4v) is 1.20. The number of nitrogens with one attached hydrogen (secondary N) is 1. The van der Waals surface area contributed by atoms with Gasteiger partial charge < -0.3 is 9.84 Å². The molecule has 0 saturated heterocycles. The Labute approximate surface area is 88.0 Å². The Morgan fingerprint density at radius 3 is 2.60 bits per heavy atom. The molecule has 0 aliphatic heterocycles. The molecule has 1 N–H and O–H groups in total. The van der Waals surface area contributed by atoms with Gasteiger partial charge in [-0.1, -0.05) is 6.92 Å². The highest BCUT2D eigenvalue weighted by Crippen LogP contribution is 2.03. The average molecular weight is 212 g/mol. The van der Waals surface area contributed by atoms with Gasteiger partial charge in [-0.3, -0.25) is 4.79 Å². The van der Waals surface area contributed by atoms with Crippen LogP contribution in [0, 0.1) is 6.92 Å². The maximum Gasteiger partial charge on any atom is 0.370 e. The van der Waals surface area contributed by atoms with E-state index >= 15 is 0 Å². The summed E-state index contributed by atoms with van der Waals surface area (Å²) in [7, 11) is 1.59. The molecule has 0 aromatic carbocycles. The van der Waals surface area contributed by atoms with Gasteiger partial charge in [-0.25, -0.2) is 9.53 Å². The second kappa shape index (κ2) is 4.33. The molecule has 0 aliphatic carbocycles. The van der Waals surface area contributed by atoms with Crippen LogP contribution >= 0.6 is 0 Å². The fourth-order valence-electron chi connectivity index (χ4n) is 1.20. The Bertz CT molecular complexity index is 417. The third kappa shape index (κ3) is 2.29. The zero-order chi connectivity index (χ0) is 11.6. The number of nitrogens with zero attached hydrogens (tertiary/aromatic N) is 1. The summed E-state index contributed by atoms with van der Waals surface area (Å²) < 4.78 is 6.08. The highest BCUT2D eigenvalue weighted by molar-refractivity contribution is 5.94. The summed E-state index contributed by atoms with van der Waals surface area (Å²) in [6.07, 6.45) is 0.822. The molecule has 0 fully saturated rings. The molecule has 0 radical (unpaired) electrons. The van der Waals surface area contributed by atoms with Gasteiger partial charge in [0.2, 0.25) is 0 Å². The predicted octanol–water partition coefficient (Wildman–Crippen LogP) is 0.815. The minimum Gasteiger partial charge on any atom is -0.349 e. The lowest BCUT2D eigenvalue weighted by atomic mass is 10.2. The quantitative estimate of drug-likeness (QED) is 0.806. The van der Waals surface area contributed by atoms with Crippen molar-refractivity contribution in [2.75, 3.05) is 0 Å². The molecule has 1 rings (SSSR count). The summed E-state index contributed by atoms with van der Waals surface area (Å²) in [5.41, 5.74) is 0.0504. The molecule has 84 valence electrons. The molecule has 0 bridgehead atoms. The highest BCUT2D eigenvalue weighted by atomic mass is 16.5. The second-order valence-corrected chi connectivity index (χ2v) is 3.62. The molecular weight excluding hydrogens is 196 g/mol. The van der Waals surface area contributed by atoms with Crippen molar-refractivity contribution >= 4 is 5.91 Å². The van der Waals surface area contributed by atoms with E-state index in [1.54, 1.807) is 14.0 Å². The zero-order valence-electron chi connectivity index (χ0n) is 9.46. The summed E-state index contributed by atoms with van der Waals surface area (Å²) in [5.74, 6) is -0.365. The molecular formula is C10H16N2O3. The fraction of sp³-hybridized carbons (Fsp3) is 0.600. The van der Waals surface area contributed by atoms with Gasteiger partial charge in [-0.05, 0) is 20.3 Å². The van der Waals surface area contributed by atoms with E-state index in [0.717, 1.165) is 6.42 Å². The van der Waals surface area contributed by atoms with E-state index in [1.165, 1.54) is 4.74 Å². The van der Waals surface area contributed by atoms with Gasteiger partial charge in [0.15, 0.2) is 0 Å². The van der Waals surface area contributed by atoms with E-state index in [1.807, 2.05) is 13.8 Å². The van der Waals surface area contributed by atoms with E-state index in [0.29, 0.717) is 5.69 Å². The molecule has 1 unspecified atom stereocenters. The van der Waals surface area contributed by atoms with Crippen LogP contribution in [0.2, 0.25) is 0 Å². The normalized spacial score (nSPS) is 12.5. The van der Waals surface area contributed by atoms with Crippen molar-refractivity contribution < 1.29 is 9.32 Å². The van der Waals surface area contributed by atoms with Crippen LogP contribution in [-0.4, -0.2) is 16.7 Å². The minimum atomic E-state index is -0.587. The summed E-state index contributed by atoms with van der Waals surface area (Å²) >= 11 is 0. The zero-order valence-corrected chi connectivity index (χ0v) is 9.46. The summed E-state index contributed by atoms with van der Waals surface area (Å²) in [5, 5.41) is 2.73. The van der Waals surface area contributed by atoms with Crippen molar-refractivity contribution in [3.05, 3.63) is 21.7 Å². The summed E-state index contributed by atoms with van der Waals surface area (Å²) in [6, 6.07) is 0.0523. The number of rotatable bonds is 3. The molecule has 15 heavy (non-hydrogen) atoms. The summed E-state index contributed by atoms with van der Waals surface area (Å²) in [6.45, 7) is 5.53.